The molecule has 6 nitrogen and oxygen atoms in total. The van der Waals surface area contributed by atoms with Crippen molar-refractivity contribution in [3.05, 3.63) is 76.5 Å². The van der Waals surface area contributed by atoms with Crippen LogP contribution in [-0.4, -0.2) is 18.0 Å². The van der Waals surface area contributed by atoms with E-state index in [-0.39, 0.29) is 11.1 Å². The summed E-state index contributed by atoms with van der Waals surface area (Å²) in [6.45, 7) is 1.66. The third-order valence-corrected chi connectivity index (χ3v) is 4.93. The van der Waals surface area contributed by atoms with Crippen molar-refractivity contribution < 1.29 is 18.3 Å². The third-order valence-electron chi connectivity index (χ3n) is 4.24. The van der Waals surface area contributed by atoms with Crippen LogP contribution >= 0.6 is 11.3 Å². The summed E-state index contributed by atoms with van der Waals surface area (Å²) in [5, 5.41) is 5.60. The standard InChI is InChI=1S/C21H16FN3O3S/c1-12-6-7-14(11-16(12)22)24-20-15(19(26)25-21-23-8-9-29-21)10-13-4-3-5-17(27-2)18(13)28-20/h3-11H,1-2H3,(H,23,25,26). The number of hydrogen-bond donors (Lipinski definition) is 1. The summed E-state index contributed by atoms with van der Waals surface area (Å²) in [5.41, 5.74) is 1.51. The van der Waals surface area contributed by atoms with Gasteiger partial charge in [-0.05, 0) is 36.8 Å². The lowest BCUT2D eigenvalue weighted by molar-refractivity contribution is 0.102. The molecule has 0 saturated carbocycles. The summed E-state index contributed by atoms with van der Waals surface area (Å²) in [7, 11) is 1.53. The summed E-state index contributed by atoms with van der Waals surface area (Å²) < 4.78 is 25.3. The molecule has 2 aromatic heterocycles. The normalized spacial score (nSPS) is 11.6. The number of para-hydroxylation sites is 1. The molecule has 0 bridgehead atoms. The Morgan fingerprint density at radius 2 is 2.14 bits per heavy atom. The van der Waals surface area contributed by atoms with Gasteiger partial charge in [-0.25, -0.2) is 14.4 Å². The Morgan fingerprint density at radius 3 is 2.86 bits per heavy atom. The van der Waals surface area contributed by atoms with Crippen LogP contribution in [0.15, 0.2) is 63.5 Å². The highest BCUT2D eigenvalue weighted by Gasteiger charge is 2.16. The van der Waals surface area contributed by atoms with Gasteiger partial charge in [-0.3, -0.25) is 10.1 Å². The van der Waals surface area contributed by atoms with Gasteiger partial charge in [0.2, 0.25) is 5.55 Å². The minimum Gasteiger partial charge on any atom is -0.493 e. The lowest BCUT2D eigenvalue weighted by Crippen LogP contribution is -2.21. The molecule has 0 aliphatic heterocycles. The molecule has 0 aliphatic rings. The first-order valence-electron chi connectivity index (χ1n) is 8.68. The molecule has 2 heterocycles. The number of methoxy groups -OCH3 is 1. The number of amides is 1. The van der Waals surface area contributed by atoms with E-state index >= 15 is 0 Å². The van der Waals surface area contributed by atoms with Crippen molar-refractivity contribution in [1.82, 2.24) is 4.98 Å². The van der Waals surface area contributed by atoms with Crippen molar-refractivity contribution in [3.8, 4) is 5.75 Å². The molecule has 4 aromatic rings. The molecule has 146 valence electrons. The third kappa shape index (κ3) is 3.88. The summed E-state index contributed by atoms with van der Waals surface area (Å²) in [6.07, 6.45) is 1.59. The minimum atomic E-state index is -0.431. The molecule has 4 rings (SSSR count). The van der Waals surface area contributed by atoms with Crippen molar-refractivity contribution in [3.63, 3.8) is 0 Å². The highest BCUT2D eigenvalue weighted by atomic mass is 32.1. The fraction of sp³-hybridized carbons (Fsp3) is 0.0952. The number of fused-ring (bicyclic) bond motifs is 1. The number of benzene rings is 2. The van der Waals surface area contributed by atoms with Crippen LogP contribution < -0.4 is 15.6 Å². The Kier molecular flexibility index (Phi) is 5.09. The number of aromatic nitrogens is 1. The molecule has 29 heavy (non-hydrogen) atoms. The fourth-order valence-corrected chi connectivity index (χ4v) is 3.27. The van der Waals surface area contributed by atoms with Crippen LogP contribution in [0, 0.1) is 12.7 Å². The first-order valence-corrected chi connectivity index (χ1v) is 9.55. The number of ether oxygens (including phenoxy) is 1. The van der Waals surface area contributed by atoms with Crippen molar-refractivity contribution >= 4 is 39.0 Å². The lowest BCUT2D eigenvalue weighted by atomic mass is 10.1. The SMILES string of the molecule is COc1cccc2cc(C(=O)Nc3nccs3)c(=Nc3ccc(C)c(F)c3)oc12. The molecule has 1 amide bonds. The minimum absolute atomic E-state index is 0.0410. The van der Waals surface area contributed by atoms with Crippen LogP contribution in [0.1, 0.15) is 15.9 Å². The molecule has 0 saturated heterocycles. The van der Waals surface area contributed by atoms with Crippen LogP contribution in [0.2, 0.25) is 0 Å². The Bertz CT molecular complexity index is 1270. The first kappa shape index (κ1) is 18.8. The van der Waals surface area contributed by atoms with Gasteiger partial charge in [0.05, 0.1) is 12.8 Å². The Hall–Kier alpha value is -3.52. The number of thiazole rings is 1. The van der Waals surface area contributed by atoms with Crippen molar-refractivity contribution in [2.45, 2.75) is 6.92 Å². The number of nitrogens with one attached hydrogen (secondary N) is 1. The predicted molar refractivity (Wildman–Crippen MR) is 109 cm³/mol. The van der Waals surface area contributed by atoms with E-state index in [1.807, 2.05) is 0 Å². The van der Waals surface area contributed by atoms with E-state index in [9.17, 15) is 9.18 Å². The molecule has 0 radical (unpaired) electrons. The maximum atomic E-state index is 14.0. The number of nitrogens with zero attached hydrogens (tertiary/aromatic N) is 2. The number of anilines is 1. The second-order valence-electron chi connectivity index (χ2n) is 6.18. The summed E-state index contributed by atoms with van der Waals surface area (Å²) >= 11 is 1.30. The second-order valence-corrected chi connectivity index (χ2v) is 7.08. The number of hydrogen-bond acceptors (Lipinski definition) is 6. The van der Waals surface area contributed by atoms with Crippen LogP contribution in [0.4, 0.5) is 15.2 Å². The largest absolute Gasteiger partial charge is 0.493 e. The van der Waals surface area contributed by atoms with Crippen LogP contribution in [0.3, 0.4) is 0 Å². The van der Waals surface area contributed by atoms with Crippen LogP contribution in [0.25, 0.3) is 11.0 Å². The second kappa shape index (κ2) is 7.84. The first-order chi connectivity index (χ1) is 14.0. The number of halogens is 1. The van der Waals surface area contributed by atoms with E-state index in [4.69, 9.17) is 9.15 Å². The molecule has 2 aromatic carbocycles. The molecule has 0 fully saturated rings. The quantitative estimate of drug-likeness (QED) is 0.524. The maximum Gasteiger partial charge on any atom is 0.262 e. The van der Waals surface area contributed by atoms with Gasteiger partial charge in [-0.15, -0.1) is 11.3 Å². The van der Waals surface area contributed by atoms with Gasteiger partial charge < -0.3 is 9.15 Å². The summed E-state index contributed by atoms with van der Waals surface area (Å²) in [4.78, 5) is 21.3. The Labute approximate surface area is 169 Å². The highest BCUT2D eigenvalue weighted by Crippen LogP contribution is 2.25. The number of carbonyl (C=O) groups excluding carboxylic acids is 1. The van der Waals surface area contributed by atoms with Gasteiger partial charge in [-0.2, -0.15) is 0 Å². The molecule has 8 heteroatoms. The lowest BCUT2D eigenvalue weighted by Gasteiger charge is -2.08. The van der Waals surface area contributed by atoms with Crippen LogP contribution in [-0.2, 0) is 0 Å². The number of aryl methyl sites for hydroxylation is 1. The zero-order valence-corrected chi connectivity index (χ0v) is 16.4. The monoisotopic (exact) mass is 409 g/mol. The van der Waals surface area contributed by atoms with Gasteiger partial charge in [0.25, 0.3) is 5.91 Å². The Balaban J connectivity index is 1.92. The van der Waals surface area contributed by atoms with E-state index in [0.29, 0.717) is 33.1 Å². The van der Waals surface area contributed by atoms with Gasteiger partial charge in [0.15, 0.2) is 16.5 Å². The number of carbonyl (C=O) groups is 1. The zero-order valence-electron chi connectivity index (χ0n) is 15.6. The fourth-order valence-electron chi connectivity index (χ4n) is 2.75. The molecular formula is C21H16FN3O3S. The van der Waals surface area contributed by atoms with E-state index < -0.39 is 11.7 Å². The maximum absolute atomic E-state index is 14.0. The molecule has 0 unspecified atom stereocenters. The smallest absolute Gasteiger partial charge is 0.262 e. The Morgan fingerprint density at radius 1 is 1.28 bits per heavy atom. The van der Waals surface area contributed by atoms with Gasteiger partial charge in [0.1, 0.15) is 11.4 Å². The van der Waals surface area contributed by atoms with E-state index in [0.717, 1.165) is 0 Å². The molecule has 0 atom stereocenters. The van der Waals surface area contributed by atoms with Gasteiger partial charge in [0, 0.05) is 17.0 Å². The van der Waals surface area contributed by atoms with E-state index in [2.05, 4.69) is 15.3 Å². The summed E-state index contributed by atoms with van der Waals surface area (Å²) in [5.74, 6) is -0.320. The van der Waals surface area contributed by atoms with Crippen molar-refractivity contribution in [2.24, 2.45) is 4.99 Å². The molecule has 1 N–H and O–H groups in total. The molecular weight excluding hydrogens is 393 g/mol. The average Bonchev–Trinajstić information content (AvgIpc) is 3.22. The van der Waals surface area contributed by atoms with E-state index in [1.165, 1.54) is 24.5 Å². The zero-order chi connectivity index (χ0) is 20.4. The average molecular weight is 409 g/mol. The highest BCUT2D eigenvalue weighted by molar-refractivity contribution is 7.13. The van der Waals surface area contributed by atoms with Crippen molar-refractivity contribution in [2.75, 3.05) is 12.4 Å². The van der Waals surface area contributed by atoms with Crippen LogP contribution in [0.5, 0.6) is 5.75 Å². The molecule has 0 spiro atoms. The molecule has 0 aliphatic carbocycles. The van der Waals surface area contributed by atoms with Crippen molar-refractivity contribution in [1.29, 1.82) is 0 Å². The van der Waals surface area contributed by atoms with Gasteiger partial charge in [-0.1, -0.05) is 18.2 Å². The number of rotatable bonds is 4. The van der Waals surface area contributed by atoms with E-state index in [1.54, 1.807) is 54.9 Å². The van der Waals surface area contributed by atoms with Gasteiger partial charge >= 0.3 is 0 Å². The predicted octanol–water partition coefficient (Wildman–Crippen LogP) is 4.83. The summed E-state index contributed by atoms with van der Waals surface area (Å²) in [6, 6.07) is 11.6. The topological polar surface area (TPSA) is 76.7 Å².